The van der Waals surface area contributed by atoms with Crippen molar-refractivity contribution in [2.24, 2.45) is 0 Å². The van der Waals surface area contributed by atoms with E-state index in [1.807, 2.05) is 0 Å². The minimum Gasteiger partial charge on any atom is -0.385 e. The van der Waals surface area contributed by atoms with Crippen molar-refractivity contribution in [1.29, 1.82) is 0 Å². The van der Waals surface area contributed by atoms with Gasteiger partial charge in [-0.15, -0.1) is 0 Å². The van der Waals surface area contributed by atoms with Crippen LogP contribution >= 0.6 is 0 Å². The van der Waals surface area contributed by atoms with Crippen LogP contribution in [-0.2, 0) is 10.9 Å². The second-order valence-electron chi connectivity index (χ2n) is 4.03. The Balaban J connectivity index is 2.29. The van der Waals surface area contributed by atoms with Gasteiger partial charge in [-0.2, -0.15) is 26.3 Å². The molecular formula is C12H13F6NO. The number of halogens is 6. The van der Waals surface area contributed by atoms with Crippen molar-refractivity contribution in [1.82, 2.24) is 0 Å². The predicted octanol–water partition coefficient (Wildman–Crippen LogP) is 4.09. The summed E-state index contributed by atoms with van der Waals surface area (Å²) in [6.45, 7) is -1.22. The summed E-state index contributed by atoms with van der Waals surface area (Å²) in [5.74, 6) is 0. The average molecular weight is 301 g/mol. The molecule has 0 radical (unpaired) electrons. The van der Waals surface area contributed by atoms with Crippen LogP contribution in [0.15, 0.2) is 24.3 Å². The minimum absolute atomic E-state index is 0.120. The number of rotatable bonds is 6. The third-order valence-corrected chi connectivity index (χ3v) is 2.25. The summed E-state index contributed by atoms with van der Waals surface area (Å²) in [5.41, 5.74) is -0.522. The van der Waals surface area contributed by atoms with Crippen molar-refractivity contribution in [3.8, 4) is 0 Å². The summed E-state index contributed by atoms with van der Waals surface area (Å²) < 4.78 is 76.8. The van der Waals surface area contributed by atoms with Crippen molar-refractivity contribution in [3.63, 3.8) is 0 Å². The maximum atomic E-state index is 12.4. The van der Waals surface area contributed by atoms with Gasteiger partial charge in [-0.1, -0.05) is 6.07 Å². The maximum absolute atomic E-state index is 12.4. The summed E-state index contributed by atoms with van der Waals surface area (Å²) in [7, 11) is 0. The predicted molar refractivity (Wildman–Crippen MR) is 61.4 cm³/mol. The van der Waals surface area contributed by atoms with Crippen LogP contribution in [0, 0.1) is 0 Å². The highest BCUT2D eigenvalue weighted by atomic mass is 19.4. The first-order valence-electron chi connectivity index (χ1n) is 5.74. The molecule has 1 N–H and O–H groups in total. The van der Waals surface area contributed by atoms with E-state index in [9.17, 15) is 26.3 Å². The number of benzene rings is 1. The number of nitrogens with one attached hydrogen (secondary N) is 1. The standard InChI is InChI=1S/C12H13F6NO/c13-11(14,15)8-20-6-2-5-19-10-4-1-3-9(7-10)12(16,17)18/h1,3-4,7,19H,2,5-6,8H2. The Labute approximate surface area is 111 Å². The molecule has 2 nitrogen and oxygen atoms in total. The molecule has 0 atom stereocenters. The number of hydrogen-bond donors (Lipinski definition) is 1. The summed E-state index contributed by atoms with van der Waals surface area (Å²) in [5, 5.41) is 2.69. The third-order valence-electron chi connectivity index (χ3n) is 2.25. The average Bonchev–Trinajstić information content (AvgIpc) is 2.31. The van der Waals surface area contributed by atoms with Gasteiger partial charge in [0.05, 0.1) is 5.56 Å². The molecule has 0 aliphatic rings. The first-order valence-corrected chi connectivity index (χ1v) is 5.74. The normalized spacial score (nSPS) is 12.5. The minimum atomic E-state index is -4.42. The molecule has 0 fully saturated rings. The quantitative estimate of drug-likeness (QED) is 0.631. The van der Waals surface area contributed by atoms with Crippen molar-refractivity contribution < 1.29 is 31.1 Å². The highest BCUT2D eigenvalue weighted by Crippen LogP contribution is 2.30. The summed E-state index contributed by atoms with van der Waals surface area (Å²) in [6, 6.07) is 4.59. The lowest BCUT2D eigenvalue weighted by molar-refractivity contribution is -0.173. The molecule has 0 spiro atoms. The Kier molecular flexibility index (Phi) is 5.67. The molecule has 8 heteroatoms. The van der Waals surface area contributed by atoms with E-state index in [1.54, 1.807) is 0 Å². The second kappa shape index (κ2) is 6.83. The Morgan fingerprint density at radius 2 is 1.75 bits per heavy atom. The Morgan fingerprint density at radius 3 is 2.35 bits per heavy atom. The van der Waals surface area contributed by atoms with E-state index < -0.39 is 24.5 Å². The second-order valence-corrected chi connectivity index (χ2v) is 4.03. The van der Waals surface area contributed by atoms with E-state index in [4.69, 9.17) is 0 Å². The van der Waals surface area contributed by atoms with Crippen molar-refractivity contribution in [2.45, 2.75) is 18.8 Å². The smallest absolute Gasteiger partial charge is 0.385 e. The monoisotopic (exact) mass is 301 g/mol. The zero-order valence-corrected chi connectivity index (χ0v) is 10.3. The van der Waals surface area contributed by atoms with Gasteiger partial charge >= 0.3 is 12.4 Å². The molecule has 0 heterocycles. The van der Waals surface area contributed by atoms with Gasteiger partial charge in [0.15, 0.2) is 0 Å². The van der Waals surface area contributed by atoms with Gasteiger partial charge in [0.25, 0.3) is 0 Å². The number of hydrogen-bond acceptors (Lipinski definition) is 2. The third kappa shape index (κ3) is 6.65. The number of ether oxygens (including phenoxy) is 1. The maximum Gasteiger partial charge on any atom is 0.416 e. The Hall–Kier alpha value is -1.44. The highest BCUT2D eigenvalue weighted by molar-refractivity contribution is 5.46. The lowest BCUT2D eigenvalue weighted by atomic mass is 10.2. The largest absolute Gasteiger partial charge is 0.416 e. The fraction of sp³-hybridized carbons (Fsp3) is 0.500. The van der Waals surface area contributed by atoms with Crippen LogP contribution in [0.5, 0.6) is 0 Å². The zero-order chi connectivity index (χ0) is 15.2. The molecule has 0 aliphatic carbocycles. The molecule has 0 saturated heterocycles. The van der Waals surface area contributed by atoms with Crippen LogP contribution in [-0.4, -0.2) is 25.9 Å². The van der Waals surface area contributed by atoms with Crippen LogP contribution in [0.1, 0.15) is 12.0 Å². The van der Waals surface area contributed by atoms with E-state index >= 15 is 0 Å². The zero-order valence-electron chi connectivity index (χ0n) is 10.3. The summed E-state index contributed by atoms with van der Waals surface area (Å²) in [4.78, 5) is 0. The van der Waals surface area contributed by atoms with E-state index in [-0.39, 0.29) is 25.3 Å². The van der Waals surface area contributed by atoms with Gasteiger partial charge in [-0.25, -0.2) is 0 Å². The number of anilines is 1. The summed E-state index contributed by atoms with van der Waals surface area (Å²) >= 11 is 0. The lowest BCUT2D eigenvalue weighted by Gasteiger charge is -2.11. The molecule has 0 bridgehead atoms. The van der Waals surface area contributed by atoms with E-state index in [2.05, 4.69) is 10.1 Å². The molecule has 20 heavy (non-hydrogen) atoms. The lowest BCUT2D eigenvalue weighted by Crippen LogP contribution is -2.18. The molecule has 0 aromatic heterocycles. The molecule has 0 aliphatic heterocycles. The Bertz CT molecular complexity index is 415. The van der Waals surface area contributed by atoms with Gasteiger partial charge < -0.3 is 10.1 Å². The molecule has 1 aromatic carbocycles. The van der Waals surface area contributed by atoms with Crippen LogP contribution in [0.4, 0.5) is 32.0 Å². The van der Waals surface area contributed by atoms with Gasteiger partial charge in [0.1, 0.15) is 6.61 Å². The van der Waals surface area contributed by atoms with Gasteiger partial charge in [0.2, 0.25) is 0 Å². The van der Waals surface area contributed by atoms with E-state index in [0.717, 1.165) is 12.1 Å². The van der Waals surface area contributed by atoms with Gasteiger partial charge in [-0.05, 0) is 24.6 Å². The van der Waals surface area contributed by atoms with E-state index in [1.165, 1.54) is 12.1 Å². The van der Waals surface area contributed by atoms with Crippen LogP contribution in [0.3, 0.4) is 0 Å². The first-order chi connectivity index (χ1) is 9.18. The van der Waals surface area contributed by atoms with Crippen molar-refractivity contribution in [3.05, 3.63) is 29.8 Å². The van der Waals surface area contributed by atoms with Crippen molar-refractivity contribution in [2.75, 3.05) is 25.1 Å². The van der Waals surface area contributed by atoms with E-state index in [0.29, 0.717) is 0 Å². The molecule has 0 amide bonds. The Morgan fingerprint density at radius 1 is 1.05 bits per heavy atom. The SMILES string of the molecule is FC(F)(F)COCCCNc1cccc(C(F)(F)F)c1. The van der Waals surface area contributed by atoms with Crippen LogP contribution in [0.25, 0.3) is 0 Å². The molecule has 0 unspecified atom stereocenters. The topological polar surface area (TPSA) is 21.3 Å². The number of alkyl halides is 6. The van der Waals surface area contributed by atoms with Crippen molar-refractivity contribution >= 4 is 5.69 Å². The van der Waals surface area contributed by atoms with Gasteiger partial charge in [0, 0.05) is 18.8 Å². The molecule has 1 aromatic rings. The first kappa shape index (κ1) is 16.6. The molecule has 0 saturated carbocycles. The fourth-order valence-corrected chi connectivity index (χ4v) is 1.40. The molecule has 114 valence electrons. The van der Waals surface area contributed by atoms with Crippen LogP contribution < -0.4 is 5.32 Å². The molecule has 1 rings (SSSR count). The van der Waals surface area contributed by atoms with Gasteiger partial charge in [-0.3, -0.25) is 0 Å². The van der Waals surface area contributed by atoms with Crippen LogP contribution in [0.2, 0.25) is 0 Å². The molecular weight excluding hydrogens is 288 g/mol. The summed E-state index contributed by atoms with van der Waals surface area (Å²) in [6.07, 6.45) is -8.53. The highest BCUT2D eigenvalue weighted by Gasteiger charge is 2.30. The fourth-order valence-electron chi connectivity index (χ4n) is 1.40.